The van der Waals surface area contributed by atoms with Gasteiger partial charge >= 0.3 is 0 Å². The number of nitrogens with zero attached hydrogens (tertiary/aromatic N) is 2. The van der Waals surface area contributed by atoms with Crippen molar-refractivity contribution in [2.24, 2.45) is 0 Å². The number of carbonyl (C=O) groups is 1. The van der Waals surface area contributed by atoms with E-state index in [-0.39, 0.29) is 12.3 Å². The van der Waals surface area contributed by atoms with E-state index in [4.69, 9.17) is 14.0 Å². The second kappa shape index (κ2) is 8.01. The Balaban J connectivity index is 1.39. The standard InChI is InChI=1S/C18H17N3O4S2/c1-26-15-9-14-13(23-5-6-24-14)8-12(15)19-16(22)2-3-17-20-18(21-25-17)11-4-7-27-10-11/h4,7-10H,2-3,5-6H2,1H3,(H,19,22). The highest BCUT2D eigenvalue weighted by molar-refractivity contribution is 7.98. The fraction of sp³-hybridized carbons (Fsp3) is 0.278. The molecule has 3 heterocycles. The van der Waals surface area contributed by atoms with Crippen LogP contribution in [0.5, 0.6) is 11.5 Å². The molecule has 3 aromatic rings. The number of rotatable bonds is 6. The molecular formula is C18H17N3O4S2. The summed E-state index contributed by atoms with van der Waals surface area (Å²) in [4.78, 5) is 17.6. The molecule has 1 aromatic carbocycles. The second-order valence-electron chi connectivity index (χ2n) is 5.77. The molecule has 0 saturated carbocycles. The Kier molecular flexibility index (Phi) is 5.30. The van der Waals surface area contributed by atoms with Crippen molar-refractivity contribution in [1.82, 2.24) is 10.1 Å². The zero-order valence-corrected chi connectivity index (χ0v) is 16.2. The second-order valence-corrected chi connectivity index (χ2v) is 7.40. The van der Waals surface area contributed by atoms with Gasteiger partial charge in [-0.3, -0.25) is 4.79 Å². The Morgan fingerprint density at radius 1 is 1.30 bits per heavy atom. The van der Waals surface area contributed by atoms with E-state index >= 15 is 0 Å². The van der Waals surface area contributed by atoms with Gasteiger partial charge in [-0.1, -0.05) is 5.16 Å². The highest BCUT2D eigenvalue weighted by atomic mass is 32.2. The topological polar surface area (TPSA) is 86.5 Å². The highest BCUT2D eigenvalue weighted by Crippen LogP contribution is 2.39. The predicted octanol–water partition coefficient (Wildman–Crippen LogP) is 3.86. The molecule has 2 aromatic heterocycles. The number of hydrogen-bond acceptors (Lipinski definition) is 8. The summed E-state index contributed by atoms with van der Waals surface area (Å²) < 4.78 is 16.4. The maximum Gasteiger partial charge on any atom is 0.227 e. The van der Waals surface area contributed by atoms with Gasteiger partial charge in [-0.05, 0) is 23.8 Å². The number of benzene rings is 1. The SMILES string of the molecule is CSc1cc2c(cc1NC(=O)CCc1nc(-c3ccsc3)no1)OCCO2. The van der Waals surface area contributed by atoms with Gasteiger partial charge in [0, 0.05) is 34.7 Å². The quantitative estimate of drug-likeness (QED) is 0.625. The first-order chi connectivity index (χ1) is 13.2. The van der Waals surface area contributed by atoms with Gasteiger partial charge in [-0.15, -0.1) is 11.8 Å². The van der Waals surface area contributed by atoms with Crippen LogP contribution in [-0.2, 0) is 11.2 Å². The third kappa shape index (κ3) is 4.09. The Morgan fingerprint density at radius 2 is 2.11 bits per heavy atom. The van der Waals surface area contributed by atoms with Crippen molar-refractivity contribution in [2.45, 2.75) is 17.7 Å². The lowest BCUT2D eigenvalue weighted by Gasteiger charge is -2.20. The van der Waals surface area contributed by atoms with Gasteiger partial charge in [0.05, 0.1) is 5.69 Å². The van der Waals surface area contributed by atoms with Crippen molar-refractivity contribution >= 4 is 34.7 Å². The number of amides is 1. The molecule has 0 spiro atoms. The van der Waals surface area contributed by atoms with Crippen molar-refractivity contribution < 1.29 is 18.8 Å². The van der Waals surface area contributed by atoms with Gasteiger partial charge in [-0.2, -0.15) is 16.3 Å². The van der Waals surface area contributed by atoms with Crippen LogP contribution in [0.1, 0.15) is 12.3 Å². The molecule has 4 rings (SSSR count). The molecule has 0 radical (unpaired) electrons. The average molecular weight is 403 g/mol. The summed E-state index contributed by atoms with van der Waals surface area (Å²) in [5.74, 6) is 2.21. The number of ether oxygens (including phenoxy) is 2. The number of aromatic nitrogens is 2. The van der Waals surface area contributed by atoms with Crippen LogP contribution in [0.25, 0.3) is 11.4 Å². The van der Waals surface area contributed by atoms with E-state index < -0.39 is 0 Å². The molecule has 1 amide bonds. The summed E-state index contributed by atoms with van der Waals surface area (Å²) in [5.41, 5.74) is 1.63. The number of hydrogen-bond donors (Lipinski definition) is 1. The molecule has 1 aliphatic rings. The molecule has 0 saturated heterocycles. The van der Waals surface area contributed by atoms with Gasteiger partial charge in [-0.25, -0.2) is 0 Å². The van der Waals surface area contributed by atoms with Gasteiger partial charge in [0.2, 0.25) is 17.6 Å². The number of nitrogens with one attached hydrogen (secondary N) is 1. The molecule has 0 fully saturated rings. The highest BCUT2D eigenvalue weighted by Gasteiger charge is 2.17. The Morgan fingerprint density at radius 3 is 2.85 bits per heavy atom. The monoisotopic (exact) mass is 403 g/mol. The summed E-state index contributed by atoms with van der Waals surface area (Å²) >= 11 is 3.11. The first-order valence-electron chi connectivity index (χ1n) is 8.35. The fourth-order valence-corrected chi connectivity index (χ4v) is 3.82. The van der Waals surface area contributed by atoms with E-state index in [1.165, 1.54) is 11.8 Å². The van der Waals surface area contributed by atoms with E-state index in [1.54, 1.807) is 17.4 Å². The van der Waals surface area contributed by atoms with Gasteiger partial charge in [0.25, 0.3) is 0 Å². The van der Waals surface area contributed by atoms with E-state index in [0.717, 1.165) is 10.5 Å². The minimum Gasteiger partial charge on any atom is -0.486 e. The summed E-state index contributed by atoms with van der Waals surface area (Å²) in [6.07, 6.45) is 2.57. The number of thioether (sulfide) groups is 1. The van der Waals surface area contributed by atoms with Crippen LogP contribution in [0.4, 0.5) is 5.69 Å². The summed E-state index contributed by atoms with van der Waals surface area (Å²) in [6, 6.07) is 5.62. The number of aryl methyl sites for hydroxylation is 1. The minimum absolute atomic E-state index is 0.128. The third-order valence-electron chi connectivity index (χ3n) is 3.95. The lowest BCUT2D eigenvalue weighted by atomic mass is 10.2. The van der Waals surface area contributed by atoms with Crippen LogP contribution < -0.4 is 14.8 Å². The van der Waals surface area contributed by atoms with Crippen molar-refractivity contribution in [2.75, 3.05) is 24.8 Å². The largest absolute Gasteiger partial charge is 0.486 e. The van der Waals surface area contributed by atoms with Crippen LogP contribution in [-0.4, -0.2) is 35.5 Å². The zero-order chi connectivity index (χ0) is 18.6. The normalized spacial score (nSPS) is 12.8. The van der Waals surface area contributed by atoms with Crippen LogP contribution in [0.3, 0.4) is 0 Å². The maximum atomic E-state index is 12.4. The number of fused-ring (bicyclic) bond motifs is 1. The summed E-state index contributed by atoms with van der Waals surface area (Å²) in [7, 11) is 0. The number of thiophene rings is 1. The number of anilines is 1. The molecule has 0 aliphatic carbocycles. The van der Waals surface area contributed by atoms with E-state index in [0.29, 0.717) is 48.5 Å². The zero-order valence-electron chi connectivity index (χ0n) is 14.6. The molecule has 7 nitrogen and oxygen atoms in total. The lowest BCUT2D eigenvalue weighted by molar-refractivity contribution is -0.116. The Hall–Kier alpha value is -2.52. The molecule has 0 atom stereocenters. The van der Waals surface area contributed by atoms with Crippen LogP contribution in [0, 0.1) is 0 Å². The Labute approximate surface area is 164 Å². The maximum absolute atomic E-state index is 12.4. The number of carbonyl (C=O) groups excluding carboxylic acids is 1. The molecule has 1 N–H and O–H groups in total. The van der Waals surface area contributed by atoms with Crippen LogP contribution in [0.2, 0.25) is 0 Å². The average Bonchev–Trinajstić information content (AvgIpc) is 3.37. The van der Waals surface area contributed by atoms with Crippen LogP contribution >= 0.6 is 23.1 Å². The summed E-state index contributed by atoms with van der Waals surface area (Å²) in [5, 5.41) is 10.8. The molecule has 0 unspecified atom stereocenters. The third-order valence-corrected chi connectivity index (χ3v) is 5.41. The van der Waals surface area contributed by atoms with Gasteiger partial charge in [0.15, 0.2) is 11.5 Å². The van der Waals surface area contributed by atoms with E-state index in [2.05, 4.69) is 15.5 Å². The summed E-state index contributed by atoms with van der Waals surface area (Å²) in [6.45, 7) is 1.03. The molecule has 140 valence electrons. The van der Waals surface area contributed by atoms with Gasteiger partial charge in [0.1, 0.15) is 13.2 Å². The van der Waals surface area contributed by atoms with Crippen molar-refractivity contribution in [3.05, 3.63) is 34.8 Å². The smallest absolute Gasteiger partial charge is 0.227 e. The minimum atomic E-state index is -0.128. The molecule has 0 bridgehead atoms. The predicted molar refractivity (Wildman–Crippen MR) is 104 cm³/mol. The van der Waals surface area contributed by atoms with Gasteiger partial charge < -0.3 is 19.3 Å². The molecule has 1 aliphatic heterocycles. The van der Waals surface area contributed by atoms with Crippen molar-refractivity contribution in [3.63, 3.8) is 0 Å². The van der Waals surface area contributed by atoms with Crippen LogP contribution in [0.15, 0.2) is 38.4 Å². The van der Waals surface area contributed by atoms with E-state index in [9.17, 15) is 4.79 Å². The molecular weight excluding hydrogens is 386 g/mol. The molecule has 27 heavy (non-hydrogen) atoms. The first-order valence-corrected chi connectivity index (χ1v) is 10.5. The lowest BCUT2D eigenvalue weighted by Crippen LogP contribution is -2.17. The first kappa shape index (κ1) is 17.9. The van der Waals surface area contributed by atoms with E-state index in [1.807, 2.05) is 29.1 Å². The van der Waals surface area contributed by atoms with Crippen molar-refractivity contribution in [3.8, 4) is 22.9 Å². The molecule has 9 heteroatoms. The van der Waals surface area contributed by atoms with Crippen molar-refractivity contribution in [1.29, 1.82) is 0 Å². The fourth-order valence-electron chi connectivity index (χ4n) is 2.64. The Bertz CT molecular complexity index is 940.